The van der Waals surface area contributed by atoms with E-state index in [4.69, 9.17) is 27.9 Å². The van der Waals surface area contributed by atoms with Crippen LogP contribution in [0.2, 0.25) is 10.0 Å². The summed E-state index contributed by atoms with van der Waals surface area (Å²) < 4.78 is 5.30. The van der Waals surface area contributed by atoms with Crippen LogP contribution in [0.1, 0.15) is 28.9 Å². The Morgan fingerprint density at radius 1 is 1.19 bits per heavy atom. The van der Waals surface area contributed by atoms with Gasteiger partial charge in [-0.05, 0) is 31.2 Å². The highest BCUT2D eigenvalue weighted by Crippen LogP contribution is 2.26. The molecule has 0 radical (unpaired) electrons. The molecule has 1 N–H and O–H groups in total. The van der Waals surface area contributed by atoms with Gasteiger partial charge < -0.3 is 10.1 Å². The molecule has 0 aliphatic rings. The van der Waals surface area contributed by atoms with Gasteiger partial charge in [0.05, 0.1) is 23.7 Å². The topological polar surface area (TPSA) is 38.3 Å². The first kappa shape index (κ1) is 15.7. The van der Waals surface area contributed by atoms with Gasteiger partial charge in [0.1, 0.15) is 5.75 Å². The Hall–Kier alpha value is -1.71. The molecular formula is C16H15Cl2NO2. The molecule has 0 aliphatic carbocycles. The number of rotatable bonds is 4. The highest BCUT2D eigenvalue weighted by Gasteiger charge is 2.16. The van der Waals surface area contributed by atoms with Gasteiger partial charge in [0, 0.05) is 10.6 Å². The van der Waals surface area contributed by atoms with Crippen molar-refractivity contribution in [3.8, 4) is 5.75 Å². The second-order valence-corrected chi connectivity index (χ2v) is 5.40. The van der Waals surface area contributed by atoms with E-state index in [0.29, 0.717) is 15.6 Å². The zero-order valence-electron chi connectivity index (χ0n) is 11.7. The number of methoxy groups -OCH3 is 1. The van der Waals surface area contributed by atoms with Gasteiger partial charge in [-0.3, -0.25) is 4.79 Å². The Kier molecular flexibility index (Phi) is 5.10. The predicted molar refractivity (Wildman–Crippen MR) is 85.3 cm³/mol. The highest BCUT2D eigenvalue weighted by atomic mass is 35.5. The number of carbonyl (C=O) groups excluding carboxylic acids is 1. The van der Waals surface area contributed by atoms with E-state index in [1.807, 2.05) is 31.2 Å². The molecule has 21 heavy (non-hydrogen) atoms. The minimum Gasteiger partial charge on any atom is -0.496 e. The molecule has 0 fully saturated rings. The molecule has 0 saturated carbocycles. The van der Waals surface area contributed by atoms with Crippen LogP contribution in [-0.4, -0.2) is 13.0 Å². The van der Waals surface area contributed by atoms with Gasteiger partial charge in [-0.1, -0.05) is 41.4 Å². The molecule has 110 valence electrons. The number of ether oxygens (including phenoxy) is 1. The average molecular weight is 324 g/mol. The van der Waals surface area contributed by atoms with Gasteiger partial charge in [0.25, 0.3) is 5.91 Å². The summed E-state index contributed by atoms with van der Waals surface area (Å²) in [5.41, 5.74) is 1.29. The lowest BCUT2D eigenvalue weighted by atomic mass is 10.1. The Morgan fingerprint density at radius 3 is 2.57 bits per heavy atom. The Bertz CT molecular complexity index is 658. The van der Waals surface area contributed by atoms with Gasteiger partial charge >= 0.3 is 0 Å². The third kappa shape index (κ3) is 3.69. The second kappa shape index (κ2) is 6.83. The summed E-state index contributed by atoms with van der Waals surface area (Å²) in [5.74, 6) is 0.475. The van der Waals surface area contributed by atoms with Crippen molar-refractivity contribution in [1.29, 1.82) is 0 Å². The van der Waals surface area contributed by atoms with Crippen molar-refractivity contribution in [2.24, 2.45) is 0 Å². The number of benzene rings is 2. The molecule has 2 aromatic carbocycles. The Morgan fingerprint density at radius 2 is 1.90 bits per heavy atom. The third-order valence-corrected chi connectivity index (χ3v) is 3.68. The summed E-state index contributed by atoms with van der Waals surface area (Å²) in [6.45, 7) is 1.89. The molecule has 0 saturated heterocycles. The van der Waals surface area contributed by atoms with E-state index in [2.05, 4.69) is 5.32 Å². The summed E-state index contributed by atoms with van der Waals surface area (Å²) in [6.07, 6.45) is 0. The lowest BCUT2D eigenvalue weighted by Crippen LogP contribution is -2.27. The van der Waals surface area contributed by atoms with Gasteiger partial charge in [-0.2, -0.15) is 0 Å². The van der Waals surface area contributed by atoms with Gasteiger partial charge in [-0.15, -0.1) is 0 Å². The Labute approximate surface area is 133 Å². The van der Waals surface area contributed by atoms with E-state index in [-0.39, 0.29) is 11.9 Å². The molecule has 1 amide bonds. The number of halogens is 2. The van der Waals surface area contributed by atoms with E-state index in [1.54, 1.807) is 25.3 Å². The van der Waals surface area contributed by atoms with Crippen molar-refractivity contribution in [1.82, 2.24) is 5.32 Å². The first-order chi connectivity index (χ1) is 10.0. The van der Waals surface area contributed by atoms with Crippen molar-refractivity contribution < 1.29 is 9.53 Å². The molecule has 3 nitrogen and oxygen atoms in total. The summed E-state index contributed by atoms with van der Waals surface area (Å²) in [4.78, 5) is 12.3. The molecule has 2 rings (SSSR count). The highest BCUT2D eigenvalue weighted by molar-refractivity contribution is 6.36. The normalized spacial score (nSPS) is 11.8. The Balaban J connectivity index is 2.19. The molecule has 0 bridgehead atoms. The summed E-state index contributed by atoms with van der Waals surface area (Å²) in [5, 5.41) is 3.72. The van der Waals surface area contributed by atoms with E-state index < -0.39 is 0 Å². The van der Waals surface area contributed by atoms with Gasteiger partial charge in [0.2, 0.25) is 0 Å². The standard InChI is InChI=1S/C16H15Cl2NO2/c1-10(12-5-3-4-6-15(12)21-2)19-16(20)13-8-7-11(17)9-14(13)18/h3-10H,1-2H3,(H,19,20). The van der Waals surface area contributed by atoms with Crippen LogP contribution in [0.4, 0.5) is 0 Å². The number of hydrogen-bond acceptors (Lipinski definition) is 2. The molecule has 1 atom stereocenters. The van der Waals surface area contributed by atoms with Gasteiger partial charge in [0.15, 0.2) is 0 Å². The first-order valence-corrected chi connectivity index (χ1v) is 7.17. The van der Waals surface area contributed by atoms with E-state index in [9.17, 15) is 4.79 Å². The predicted octanol–water partition coefficient (Wildman–Crippen LogP) is 4.49. The zero-order valence-corrected chi connectivity index (χ0v) is 13.2. The minimum absolute atomic E-state index is 0.208. The maximum absolute atomic E-state index is 12.3. The molecule has 1 unspecified atom stereocenters. The van der Waals surface area contributed by atoms with Crippen LogP contribution in [-0.2, 0) is 0 Å². The molecule has 0 spiro atoms. The number of nitrogens with one attached hydrogen (secondary N) is 1. The summed E-state index contributed by atoms with van der Waals surface area (Å²) >= 11 is 11.9. The quantitative estimate of drug-likeness (QED) is 0.900. The van der Waals surface area contributed by atoms with Crippen LogP contribution in [0.3, 0.4) is 0 Å². The lowest BCUT2D eigenvalue weighted by Gasteiger charge is -2.17. The maximum atomic E-state index is 12.3. The fourth-order valence-electron chi connectivity index (χ4n) is 2.05. The molecule has 0 aromatic heterocycles. The minimum atomic E-state index is -0.255. The zero-order chi connectivity index (χ0) is 15.4. The molecule has 2 aromatic rings. The van der Waals surface area contributed by atoms with Crippen molar-refractivity contribution in [3.63, 3.8) is 0 Å². The van der Waals surface area contributed by atoms with E-state index in [0.717, 1.165) is 11.3 Å². The number of hydrogen-bond donors (Lipinski definition) is 1. The van der Waals surface area contributed by atoms with Crippen LogP contribution in [0.15, 0.2) is 42.5 Å². The molecule has 0 aliphatic heterocycles. The first-order valence-electron chi connectivity index (χ1n) is 6.41. The fourth-order valence-corrected chi connectivity index (χ4v) is 2.54. The fraction of sp³-hybridized carbons (Fsp3) is 0.188. The summed E-state index contributed by atoms with van der Waals surface area (Å²) in [7, 11) is 1.60. The number of amides is 1. The van der Waals surface area contributed by atoms with Crippen LogP contribution in [0, 0.1) is 0 Å². The van der Waals surface area contributed by atoms with Gasteiger partial charge in [-0.25, -0.2) is 0 Å². The van der Waals surface area contributed by atoms with E-state index in [1.165, 1.54) is 0 Å². The van der Waals surface area contributed by atoms with Crippen molar-refractivity contribution in [2.45, 2.75) is 13.0 Å². The van der Waals surface area contributed by atoms with E-state index >= 15 is 0 Å². The molecular weight excluding hydrogens is 309 g/mol. The monoisotopic (exact) mass is 323 g/mol. The van der Waals surface area contributed by atoms with Crippen molar-refractivity contribution in [2.75, 3.05) is 7.11 Å². The van der Waals surface area contributed by atoms with Crippen LogP contribution in [0.5, 0.6) is 5.75 Å². The average Bonchev–Trinajstić information content (AvgIpc) is 2.46. The molecule has 0 heterocycles. The van der Waals surface area contributed by atoms with Crippen LogP contribution >= 0.6 is 23.2 Å². The number of para-hydroxylation sites is 1. The smallest absolute Gasteiger partial charge is 0.253 e. The number of carbonyl (C=O) groups is 1. The third-order valence-electron chi connectivity index (χ3n) is 3.13. The largest absolute Gasteiger partial charge is 0.496 e. The summed E-state index contributed by atoms with van der Waals surface area (Å²) in [6, 6.07) is 12.1. The van der Waals surface area contributed by atoms with Crippen molar-refractivity contribution in [3.05, 3.63) is 63.6 Å². The van der Waals surface area contributed by atoms with Crippen LogP contribution in [0.25, 0.3) is 0 Å². The van der Waals surface area contributed by atoms with Crippen LogP contribution < -0.4 is 10.1 Å². The second-order valence-electron chi connectivity index (χ2n) is 4.56. The van der Waals surface area contributed by atoms with Crippen molar-refractivity contribution >= 4 is 29.1 Å². The molecule has 5 heteroatoms. The SMILES string of the molecule is COc1ccccc1C(C)NC(=O)c1ccc(Cl)cc1Cl. The maximum Gasteiger partial charge on any atom is 0.253 e. The lowest BCUT2D eigenvalue weighted by molar-refractivity contribution is 0.0939.